The van der Waals surface area contributed by atoms with Gasteiger partial charge in [0.1, 0.15) is 11.9 Å². The highest BCUT2D eigenvalue weighted by Crippen LogP contribution is 2.39. The van der Waals surface area contributed by atoms with Crippen molar-refractivity contribution in [2.75, 3.05) is 5.32 Å². The first-order valence-electron chi connectivity index (χ1n) is 9.31. The molecule has 0 aliphatic carbocycles. The highest BCUT2D eigenvalue weighted by molar-refractivity contribution is 6.04. The van der Waals surface area contributed by atoms with Gasteiger partial charge >= 0.3 is 6.18 Å². The molecule has 4 rings (SSSR count). The van der Waals surface area contributed by atoms with Crippen LogP contribution in [0, 0.1) is 17.1 Å². The van der Waals surface area contributed by atoms with Crippen LogP contribution in [-0.2, 0) is 13.2 Å². The van der Waals surface area contributed by atoms with E-state index in [1.54, 1.807) is 13.1 Å². The van der Waals surface area contributed by atoms with E-state index in [0.717, 1.165) is 18.2 Å². The van der Waals surface area contributed by atoms with E-state index in [4.69, 9.17) is 5.26 Å². The maximum Gasteiger partial charge on any atom is 0.417 e. The first-order chi connectivity index (χ1) is 15.2. The largest absolute Gasteiger partial charge is 0.417 e. The molecule has 1 heterocycles. The van der Waals surface area contributed by atoms with Gasteiger partial charge in [-0.2, -0.15) is 18.4 Å². The Morgan fingerprint density at radius 1 is 1.12 bits per heavy atom. The second-order valence-corrected chi connectivity index (χ2v) is 7.08. The number of amides is 1. The number of nitrogens with one attached hydrogen (secondary N) is 1. The van der Waals surface area contributed by atoms with Crippen LogP contribution < -0.4 is 5.32 Å². The van der Waals surface area contributed by atoms with Gasteiger partial charge in [-0.15, -0.1) is 0 Å². The predicted octanol–water partition coefficient (Wildman–Crippen LogP) is 5.52. The van der Waals surface area contributed by atoms with E-state index in [1.807, 2.05) is 0 Å². The fourth-order valence-corrected chi connectivity index (χ4v) is 3.37. The normalized spacial score (nSPS) is 11.4. The fourth-order valence-electron chi connectivity index (χ4n) is 3.37. The molecular formula is C23H14F4N4O. The van der Waals surface area contributed by atoms with Gasteiger partial charge in [-0.05, 0) is 53.6 Å². The molecule has 0 atom stereocenters. The van der Waals surface area contributed by atoms with E-state index in [9.17, 15) is 22.4 Å². The van der Waals surface area contributed by atoms with Crippen molar-refractivity contribution in [1.29, 1.82) is 5.26 Å². The monoisotopic (exact) mass is 438 g/mol. The summed E-state index contributed by atoms with van der Waals surface area (Å²) in [5, 5.41) is 11.5. The summed E-state index contributed by atoms with van der Waals surface area (Å²) in [5.74, 6) is -1.38. The van der Waals surface area contributed by atoms with Crippen LogP contribution in [0.15, 0.2) is 60.9 Å². The van der Waals surface area contributed by atoms with Gasteiger partial charge < -0.3 is 9.88 Å². The third-order valence-corrected chi connectivity index (χ3v) is 4.95. The lowest BCUT2D eigenvalue weighted by molar-refractivity contribution is -0.137. The summed E-state index contributed by atoms with van der Waals surface area (Å²) < 4.78 is 56.3. The zero-order chi connectivity index (χ0) is 23.0. The molecule has 1 aromatic heterocycles. The molecule has 0 radical (unpaired) electrons. The zero-order valence-corrected chi connectivity index (χ0v) is 16.5. The van der Waals surface area contributed by atoms with Crippen LogP contribution in [0.1, 0.15) is 21.5 Å². The molecule has 1 N–H and O–H groups in total. The van der Waals surface area contributed by atoms with Gasteiger partial charge in [-0.1, -0.05) is 12.1 Å². The summed E-state index contributed by atoms with van der Waals surface area (Å²) in [7, 11) is 1.61. The van der Waals surface area contributed by atoms with E-state index in [-0.39, 0.29) is 27.9 Å². The summed E-state index contributed by atoms with van der Waals surface area (Å²) in [6, 6.07) is 13.3. The number of hydrogen-bond acceptors (Lipinski definition) is 3. The summed E-state index contributed by atoms with van der Waals surface area (Å²) in [6.45, 7) is 0. The molecule has 0 spiro atoms. The molecule has 4 aromatic rings. The van der Waals surface area contributed by atoms with Crippen molar-refractivity contribution in [3.05, 3.63) is 83.4 Å². The Bertz CT molecular complexity index is 1400. The van der Waals surface area contributed by atoms with E-state index < -0.39 is 23.5 Å². The number of carbonyl (C=O) groups is 1. The molecule has 9 heteroatoms. The molecule has 0 saturated carbocycles. The number of rotatable bonds is 3. The average Bonchev–Trinajstić information content (AvgIpc) is 3.12. The van der Waals surface area contributed by atoms with Crippen molar-refractivity contribution >= 4 is 22.6 Å². The molecule has 0 unspecified atom stereocenters. The van der Waals surface area contributed by atoms with Gasteiger partial charge in [0.25, 0.3) is 5.91 Å². The van der Waals surface area contributed by atoms with Crippen molar-refractivity contribution in [1.82, 2.24) is 9.55 Å². The van der Waals surface area contributed by atoms with Gasteiger partial charge in [-0.3, -0.25) is 4.79 Å². The lowest BCUT2D eigenvalue weighted by atomic mass is 9.97. The smallest absolute Gasteiger partial charge is 0.334 e. The van der Waals surface area contributed by atoms with Crippen LogP contribution >= 0.6 is 0 Å². The highest BCUT2D eigenvalue weighted by atomic mass is 19.4. The van der Waals surface area contributed by atoms with Gasteiger partial charge in [0.15, 0.2) is 0 Å². The number of alkyl halides is 3. The van der Waals surface area contributed by atoms with Crippen molar-refractivity contribution in [2.24, 2.45) is 7.05 Å². The standard InChI is InChI=1S/C23H14F4N4O/c1-31-12-29-20-9-17(18(10-21(20)31)23(25,26)27)13-3-2-4-16(8-13)30-22(32)14-5-6-19(24)15(7-14)11-28/h2-10,12H,1H3,(H,30,32). The minimum atomic E-state index is -4.60. The van der Waals surface area contributed by atoms with E-state index in [2.05, 4.69) is 10.3 Å². The number of imidazole rings is 1. The molecule has 3 aromatic carbocycles. The summed E-state index contributed by atoms with van der Waals surface area (Å²) in [6.07, 6.45) is -3.17. The molecule has 160 valence electrons. The number of fused-ring (bicyclic) bond motifs is 1. The van der Waals surface area contributed by atoms with Crippen LogP contribution in [0.3, 0.4) is 0 Å². The Morgan fingerprint density at radius 3 is 2.62 bits per heavy atom. The second kappa shape index (κ2) is 7.81. The summed E-state index contributed by atoms with van der Waals surface area (Å²) >= 11 is 0. The lowest BCUT2D eigenvalue weighted by Crippen LogP contribution is -2.12. The Kier molecular flexibility index (Phi) is 5.14. The van der Waals surface area contributed by atoms with Crippen LogP contribution in [0.25, 0.3) is 22.2 Å². The first-order valence-corrected chi connectivity index (χ1v) is 9.31. The van der Waals surface area contributed by atoms with Crippen LogP contribution in [0.4, 0.5) is 23.2 Å². The minimum Gasteiger partial charge on any atom is -0.334 e. The molecule has 0 bridgehead atoms. The number of halogens is 4. The second-order valence-electron chi connectivity index (χ2n) is 7.08. The van der Waals surface area contributed by atoms with Crippen molar-refractivity contribution in [2.45, 2.75) is 6.18 Å². The number of benzene rings is 3. The summed E-state index contributed by atoms with van der Waals surface area (Å²) in [5.41, 5.74) is 0.0752. The quantitative estimate of drug-likeness (QED) is 0.428. The Hall–Kier alpha value is -4.19. The Balaban J connectivity index is 1.73. The number of aromatic nitrogens is 2. The number of nitriles is 1. The number of hydrogen-bond donors (Lipinski definition) is 1. The molecule has 1 amide bonds. The van der Waals surface area contributed by atoms with Gasteiger partial charge in [0.05, 0.1) is 28.5 Å². The maximum absolute atomic E-state index is 13.8. The van der Waals surface area contributed by atoms with Crippen molar-refractivity contribution in [3.63, 3.8) is 0 Å². The van der Waals surface area contributed by atoms with Gasteiger partial charge in [-0.25, -0.2) is 9.37 Å². The van der Waals surface area contributed by atoms with Crippen LogP contribution in [0.5, 0.6) is 0 Å². The Morgan fingerprint density at radius 2 is 1.91 bits per heavy atom. The molecular weight excluding hydrogens is 424 g/mol. The number of nitrogens with zero attached hydrogens (tertiary/aromatic N) is 3. The number of anilines is 1. The van der Waals surface area contributed by atoms with Crippen molar-refractivity contribution in [3.8, 4) is 17.2 Å². The molecule has 0 fully saturated rings. The highest BCUT2D eigenvalue weighted by Gasteiger charge is 2.34. The predicted molar refractivity (Wildman–Crippen MR) is 110 cm³/mol. The third kappa shape index (κ3) is 3.90. The SMILES string of the molecule is Cn1cnc2cc(-c3cccc(NC(=O)c4ccc(F)c(C#N)c4)c3)c(C(F)(F)F)cc21. The Labute approximate surface area is 179 Å². The molecule has 32 heavy (non-hydrogen) atoms. The molecule has 5 nitrogen and oxygen atoms in total. The lowest BCUT2D eigenvalue weighted by Gasteiger charge is -2.15. The summed E-state index contributed by atoms with van der Waals surface area (Å²) in [4.78, 5) is 16.6. The van der Waals surface area contributed by atoms with Crippen molar-refractivity contribution < 1.29 is 22.4 Å². The van der Waals surface area contributed by atoms with Gasteiger partial charge in [0, 0.05) is 18.3 Å². The van der Waals surface area contributed by atoms with E-state index in [1.165, 1.54) is 47.3 Å². The first kappa shape index (κ1) is 21.1. The topological polar surface area (TPSA) is 70.7 Å². The number of aryl methyl sites for hydroxylation is 1. The van der Waals surface area contributed by atoms with E-state index in [0.29, 0.717) is 11.0 Å². The maximum atomic E-state index is 13.8. The average molecular weight is 438 g/mol. The minimum absolute atomic E-state index is 0.0410. The van der Waals surface area contributed by atoms with Crippen LogP contribution in [0.2, 0.25) is 0 Å². The van der Waals surface area contributed by atoms with E-state index >= 15 is 0 Å². The third-order valence-electron chi connectivity index (χ3n) is 4.95. The molecule has 0 aliphatic heterocycles. The number of carbonyl (C=O) groups excluding carboxylic acids is 1. The zero-order valence-electron chi connectivity index (χ0n) is 16.5. The molecule has 0 aliphatic rings. The van der Waals surface area contributed by atoms with Gasteiger partial charge in [0.2, 0.25) is 0 Å². The fraction of sp³-hybridized carbons (Fsp3) is 0.0870. The van der Waals surface area contributed by atoms with Crippen LogP contribution in [-0.4, -0.2) is 15.5 Å². The molecule has 0 saturated heterocycles.